The summed E-state index contributed by atoms with van der Waals surface area (Å²) in [4.78, 5) is 21.0. The maximum absolute atomic E-state index is 10.5. The Kier molecular flexibility index (Phi) is 32.0. The number of unbranched alkanes of at least 4 members (excludes halogenated alkanes) is 12. The first-order valence-electron chi connectivity index (χ1n) is 13.8. The molecule has 0 bridgehead atoms. The van der Waals surface area contributed by atoms with E-state index in [-0.39, 0.29) is 11.9 Å². The number of rotatable bonds is 21. The maximum atomic E-state index is 10.5. The molecule has 0 rings (SSSR count). The number of hydrogen-bond donors (Lipinski definition) is 0. The highest BCUT2D eigenvalue weighted by Crippen LogP contribution is 2.09. The van der Waals surface area contributed by atoms with Crippen molar-refractivity contribution in [3.8, 4) is 0 Å². The van der Waals surface area contributed by atoms with Gasteiger partial charge in [-0.1, -0.05) is 100.0 Å². The quantitative estimate of drug-likeness (QED) is 0.0696. The fraction of sp³-hybridized carbons (Fsp3) is 0.677. The van der Waals surface area contributed by atoms with Crippen LogP contribution in [0.5, 0.6) is 0 Å². The van der Waals surface area contributed by atoms with E-state index in [1.165, 1.54) is 90.9 Å². The van der Waals surface area contributed by atoms with E-state index >= 15 is 0 Å². The summed E-state index contributed by atoms with van der Waals surface area (Å²) in [7, 11) is 0. The van der Waals surface area contributed by atoms with Crippen LogP contribution < -0.4 is 0 Å². The van der Waals surface area contributed by atoms with Gasteiger partial charge in [-0.05, 0) is 58.8 Å². The number of carbonyl (C=O) groups is 2. The molecular formula is C31H54O4. The molecule has 0 aliphatic rings. The molecule has 4 heteroatoms. The van der Waals surface area contributed by atoms with Gasteiger partial charge in [0.1, 0.15) is 0 Å². The maximum Gasteiger partial charge on any atom is 0.302 e. The van der Waals surface area contributed by atoms with Gasteiger partial charge >= 0.3 is 11.9 Å². The molecule has 35 heavy (non-hydrogen) atoms. The van der Waals surface area contributed by atoms with E-state index in [1.807, 2.05) is 13.0 Å². The summed E-state index contributed by atoms with van der Waals surface area (Å²) < 4.78 is 9.75. The first-order valence-corrected chi connectivity index (χ1v) is 13.8. The molecule has 0 radical (unpaired) electrons. The predicted molar refractivity (Wildman–Crippen MR) is 150 cm³/mol. The Hall–Kier alpha value is -2.10. The minimum Gasteiger partial charge on any atom is -0.466 e. The van der Waals surface area contributed by atoms with Crippen molar-refractivity contribution in [2.24, 2.45) is 0 Å². The van der Waals surface area contributed by atoms with Crippen LogP contribution in [0, 0.1) is 0 Å². The largest absolute Gasteiger partial charge is 0.466 e. The Morgan fingerprint density at radius 1 is 0.514 bits per heavy atom. The molecule has 0 heterocycles. The first-order chi connectivity index (χ1) is 17.0. The number of esters is 2. The van der Waals surface area contributed by atoms with Gasteiger partial charge in [0.25, 0.3) is 0 Å². The first kappa shape index (κ1) is 35.1. The Morgan fingerprint density at radius 2 is 0.971 bits per heavy atom. The number of hydrogen-bond acceptors (Lipinski definition) is 4. The van der Waals surface area contributed by atoms with Crippen molar-refractivity contribution in [3.63, 3.8) is 0 Å². The minimum absolute atomic E-state index is 0.167. The van der Waals surface area contributed by atoms with Gasteiger partial charge in [0, 0.05) is 13.8 Å². The second kappa shape index (κ2) is 31.9. The highest BCUT2D eigenvalue weighted by atomic mass is 16.5. The van der Waals surface area contributed by atoms with E-state index in [0.29, 0.717) is 13.2 Å². The van der Waals surface area contributed by atoms with E-state index in [1.54, 1.807) is 0 Å². The van der Waals surface area contributed by atoms with Gasteiger partial charge in [-0.2, -0.15) is 0 Å². The van der Waals surface area contributed by atoms with Gasteiger partial charge in [-0.3, -0.25) is 9.59 Å². The topological polar surface area (TPSA) is 52.6 Å². The molecule has 0 fully saturated rings. The molecule has 0 aliphatic carbocycles. The SMILES string of the molecule is C/C=C/C/C=C\CCCCCCCCOC(C)=O.C/C=C/C=C\CCCCCCCCOC(C)=O. The van der Waals surface area contributed by atoms with E-state index in [9.17, 15) is 9.59 Å². The van der Waals surface area contributed by atoms with Crippen LogP contribution in [0.2, 0.25) is 0 Å². The lowest BCUT2D eigenvalue weighted by molar-refractivity contribution is -0.142. The van der Waals surface area contributed by atoms with Crippen LogP contribution in [0.15, 0.2) is 48.6 Å². The van der Waals surface area contributed by atoms with Gasteiger partial charge in [-0.25, -0.2) is 0 Å². The summed E-state index contributed by atoms with van der Waals surface area (Å²) in [5.74, 6) is -0.336. The molecule has 0 aliphatic heterocycles. The monoisotopic (exact) mass is 490 g/mol. The van der Waals surface area contributed by atoms with Crippen LogP contribution in [-0.2, 0) is 19.1 Å². The van der Waals surface area contributed by atoms with Crippen molar-refractivity contribution in [1.82, 2.24) is 0 Å². The molecular weight excluding hydrogens is 436 g/mol. The van der Waals surface area contributed by atoms with Gasteiger partial charge < -0.3 is 9.47 Å². The Bertz CT molecular complexity index is 573. The minimum atomic E-state index is -0.169. The van der Waals surface area contributed by atoms with Crippen molar-refractivity contribution in [3.05, 3.63) is 48.6 Å². The summed E-state index contributed by atoms with van der Waals surface area (Å²) in [6.07, 6.45) is 35.2. The normalized spacial score (nSPS) is 11.4. The standard InChI is InChI=1S/C16H28O2.C15H26O2/c1-3-4-5-6-7-8-9-10-11-12-13-14-15-18-16(2)17;1-3-4-5-6-7-8-9-10-11-12-13-14-17-15(2)16/h3-4,6-7H,5,8-15H2,1-2H3;3-6H,7-14H2,1-2H3/b4-3+,7-6-;4-3+,6-5-. The second-order valence-corrected chi connectivity index (χ2v) is 8.73. The third-order valence-electron chi connectivity index (χ3n) is 5.26. The zero-order valence-corrected chi connectivity index (χ0v) is 23.3. The van der Waals surface area contributed by atoms with Gasteiger partial charge in [-0.15, -0.1) is 0 Å². The molecule has 0 atom stereocenters. The van der Waals surface area contributed by atoms with Gasteiger partial charge in [0.2, 0.25) is 0 Å². The van der Waals surface area contributed by atoms with Crippen LogP contribution in [0.3, 0.4) is 0 Å². The molecule has 0 saturated carbocycles. The van der Waals surface area contributed by atoms with Crippen molar-refractivity contribution in [2.45, 2.75) is 124 Å². The average molecular weight is 491 g/mol. The van der Waals surface area contributed by atoms with Crippen molar-refractivity contribution >= 4 is 11.9 Å². The molecule has 4 nitrogen and oxygen atoms in total. The highest BCUT2D eigenvalue weighted by molar-refractivity contribution is 5.66. The lowest BCUT2D eigenvalue weighted by Gasteiger charge is -2.01. The molecule has 0 aromatic heterocycles. The third kappa shape index (κ3) is 39.4. The second-order valence-electron chi connectivity index (χ2n) is 8.73. The molecule has 0 spiro atoms. The van der Waals surface area contributed by atoms with Crippen LogP contribution in [0.1, 0.15) is 124 Å². The average Bonchev–Trinajstić information content (AvgIpc) is 2.83. The molecule has 0 aromatic rings. The van der Waals surface area contributed by atoms with Crippen LogP contribution >= 0.6 is 0 Å². The van der Waals surface area contributed by atoms with Crippen molar-refractivity contribution in [1.29, 1.82) is 0 Å². The van der Waals surface area contributed by atoms with Gasteiger partial charge in [0.15, 0.2) is 0 Å². The van der Waals surface area contributed by atoms with Crippen LogP contribution in [0.4, 0.5) is 0 Å². The summed E-state index contributed by atoms with van der Waals surface area (Å²) in [6, 6.07) is 0. The summed E-state index contributed by atoms with van der Waals surface area (Å²) in [5, 5.41) is 0. The van der Waals surface area contributed by atoms with Crippen molar-refractivity contribution < 1.29 is 19.1 Å². The number of allylic oxidation sites excluding steroid dienone is 8. The van der Waals surface area contributed by atoms with Gasteiger partial charge in [0.05, 0.1) is 13.2 Å². The highest BCUT2D eigenvalue weighted by Gasteiger charge is 1.94. The van der Waals surface area contributed by atoms with Crippen LogP contribution in [0.25, 0.3) is 0 Å². The smallest absolute Gasteiger partial charge is 0.302 e. The Balaban J connectivity index is 0. The molecule has 0 amide bonds. The summed E-state index contributed by atoms with van der Waals surface area (Å²) >= 11 is 0. The predicted octanol–water partition coefficient (Wildman–Crippen LogP) is 9.22. The van der Waals surface area contributed by atoms with E-state index in [2.05, 4.69) is 49.5 Å². The van der Waals surface area contributed by atoms with E-state index < -0.39 is 0 Å². The zero-order chi connectivity index (χ0) is 26.2. The van der Waals surface area contributed by atoms with E-state index in [4.69, 9.17) is 9.47 Å². The lowest BCUT2D eigenvalue weighted by atomic mass is 10.1. The fourth-order valence-corrected chi connectivity index (χ4v) is 3.29. The molecule has 0 N–H and O–H groups in total. The zero-order valence-electron chi connectivity index (χ0n) is 23.3. The number of ether oxygens (including phenoxy) is 2. The fourth-order valence-electron chi connectivity index (χ4n) is 3.29. The lowest BCUT2D eigenvalue weighted by Crippen LogP contribution is -1.99. The van der Waals surface area contributed by atoms with Crippen LogP contribution in [-0.4, -0.2) is 25.2 Å². The number of carbonyl (C=O) groups excluding carboxylic acids is 2. The molecule has 0 aromatic carbocycles. The third-order valence-corrected chi connectivity index (χ3v) is 5.26. The molecule has 0 unspecified atom stereocenters. The summed E-state index contributed by atoms with van der Waals surface area (Å²) in [5.41, 5.74) is 0. The Labute approximate surface area is 216 Å². The summed E-state index contributed by atoms with van der Waals surface area (Å²) in [6.45, 7) is 8.17. The van der Waals surface area contributed by atoms with Crippen molar-refractivity contribution in [2.75, 3.05) is 13.2 Å². The Morgan fingerprint density at radius 3 is 1.43 bits per heavy atom. The molecule has 0 saturated heterocycles. The molecule has 202 valence electrons. The van der Waals surface area contributed by atoms with E-state index in [0.717, 1.165) is 19.3 Å².